The SMILES string of the molecule is CCCc1ccccc1C(C)C1(c2ccc(O)cc2)CCC1. The lowest BCUT2D eigenvalue weighted by molar-refractivity contribution is 0.202. The minimum Gasteiger partial charge on any atom is -0.508 e. The maximum absolute atomic E-state index is 9.58. The zero-order valence-corrected chi connectivity index (χ0v) is 13.7. The predicted octanol–water partition coefficient (Wildman–Crippen LogP) is 5.57. The number of rotatable bonds is 5. The van der Waals surface area contributed by atoms with Crippen molar-refractivity contribution in [1.82, 2.24) is 0 Å². The van der Waals surface area contributed by atoms with Crippen molar-refractivity contribution < 1.29 is 5.11 Å². The van der Waals surface area contributed by atoms with Crippen LogP contribution in [0.1, 0.15) is 62.1 Å². The third kappa shape index (κ3) is 2.54. The average molecular weight is 294 g/mol. The number of phenolic OH excluding ortho intramolecular Hbond substituents is 1. The van der Waals surface area contributed by atoms with Crippen LogP contribution in [0.3, 0.4) is 0 Å². The van der Waals surface area contributed by atoms with Gasteiger partial charge in [-0.3, -0.25) is 0 Å². The highest BCUT2D eigenvalue weighted by molar-refractivity contribution is 5.41. The van der Waals surface area contributed by atoms with E-state index in [0.29, 0.717) is 11.7 Å². The van der Waals surface area contributed by atoms with Crippen molar-refractivity contribution in [2.24, 2.45) is 0 Å². The predicted molar refractivity (Wildman–Crippen MR) is 92.5 cm³/mol. The summed E-state index contributed by atoms with van der Waals surface area (Å²) in [4.78, 5) is 0. The summed E-state index contributed by atoms with van der Waals surface area (Å²) in [7, 11) is 0. The average Bonchev–Trinajstić information content (AvgIpc) is 2.49. The summed E-state index contributed by atoms with van der Waals surface area (Å²) in [6, 6.07) is 16.8. The fourth-order valence-corrected chi connectivity index (χ4v) is 4.07. The number of hydrogen-bond acceptors (Lipinski definition) is 1. The monoisotopic (exact) mass is 294 g/mol. The Morgan fingerprint density at radius 1 is 1.05 bits per heavy atom. The van der Waals surface area contributed by atoms with Crippen LogP contribution in [-0.4, -0.2) is 5.11 Å². The van der Waals surface area contributed by atoms with Gasteiger partial charge in [0.1, 0.15) is 5.75 Å². The molecule has 2 aromatic rings. The molecule has 3 rings (SSSR count). The van der Waals surface area contributed by atoms with Gasteiger partial charge in [0.25, 0.3) is 0 Å². The van der Waals surface area contributed by atoms with E-state index in [9.17, 15) is 5.11 Å². The molecule has 0 aliphatic heterocycles. The molecule has 1 fully saturated rings. The van der Waals surface area contributed by atoms with Gasteiger partial charge in [-0.2, -0.15) is 0 Å². The largest absolute Gasteiger partial charge is 0.508 e. The molecule has 1 nitrogen and oxygen atoms in total. The third-order valence-electron chi connectivity index (χ3n) is 5.56. The van der Waals surface area contributed by atoms with E-state index in [1.165, 1.54) is 42.4 Å². The Labute approximate surface area is 134 Å². The number of aryl methyl sites for hydroxylation is 1. The second kappa shape index (κ2) is 6.16. The van der Waals surface area contributed by atoms with Gasteiger partial charge in [0, 0.05) is 5.41 Å². The van der Waals surface area contributed by atoms with Crippen LogP contribution >= 0.6 is 0 Å². The smallest absolute Gasteiger partial charge is 0.115 e. The molecule has 116 valence electrons. The van der Waals surface area contributed by atoms with Gasteiger partial charge >= 0.3 is 0 Å². The summed E-state index contributed by atoms with van der Waals surface area (Å²) in [6.07, 6.45) is 6.15. The summed E-state index contributed by atoms with van der Waals surface area (Å²) in [5, 5.41) is 9.58. The van der Waals surface area contributed by atoms with Gasteiger partial charge < -0.3 is 5.11 Å². The lowest BCUT2D eigenvalue weighted by Crippen LogP contribution is -2.39. The maximum atomic E-state index is 9.58. The van der Waals surface area contributed by atoms with Crippen LogP contribution in [0.4, 0.5) is 0 Å². The van der Waals surface area contributed by atoms with E-state index in [2.05, 4.69) is 50.2 Å². The van der Waals surface area contributed by atoms with Crippen LogP contribution in [0.15, 0.2) is 48.5 Å². The molecule has 2 aromatic carbocycles. The first kappa shape index (κ1) is 15.1. The van der Waals surface area contributed by atoms with E-state index in [0.717, 1.165) is 6.42 Å². The zero-order chi connectivity index (χ0) is 15.6. The standard InChI is InChI=1S/C21H26O/c1-3-7-17-8-4-5-9-20(17)16(2)21(14-6-15-21)18-10-12-19(22)13-11-18/h4-5,8-13,16,22H,3,6-7,14-15H2,1-2H3. The molecule has 1 saturated carbocycles. The number of benzene rings is 2. The van der Waals surface area contributed by atoms with E-state index in [1.54, 1.807) is 0 Å². The van der Waals surface area contributed by atoms with Crippen LogP contribution < -0.4 is 0 Å². The fourth-order valence-electron chi connectivity index (χ4n) is 4.07. The van der Waals surface area contributed by atoms with Gasteiger partial charge in [0.05, 0.1) is 0 Å². The van der Waals surface area contributed by atoms with Gasteiger partial charge in [-0.05, 0) is 54.0 Å². The minimum absolute atomic E-state index is 0.248. The van der Waals surface area contributed by atoms with Crippen molar-refractivity contribution in [3.8, 4) is 5.75 Å². The molecular weight excluding hydrogens is 268 g/mol. The highest BCUT2D eigenvalue weighted by atomic mass is 16.3. The molecule has 1 heteroatoms. The molecule has 0 saturated heterocycles. The van der Waals surface area contributed by atoms with E-state index < -0.39 is 0 Å². The van der Waals surface area contributed by atoms with Crippen molar-refractivity contribution in [3.63, 3.8) is 0 Å². The van der Waals surface area contributed by atoms with Crippen molar-refractivity contribution in [2.75, 3.05) is 0 Å². The van der Waals surface area contributed by atoms with Gasteiger partial charge in [-0.25, -0.2) is 0 Å². The third-order valence-corrected chi connectivity index (χ3v) is 5.56. The summed E-state index contributed by atoms with van der Waals surface area (Å²) < 4.78 is 0. The Morgan fingerprint density at radius 3 is 2.32 bits per heavy atom. The number of hydrogen-bond donors (Lipinski definition) is 1. The van der Waals surface area contributed by atoms with E-state index >= 15 is 0 Å². The van der Waals surface area contributed by atoms with Crippen LogP contribution in [0, 0.1) is 0 Å². The quantitative estimate of drug-likeness (QED) is 0.764. The Balaban J connectivity index is 1.98. The van der Waals surface area contributed by atoms with Crippen molar-refractivity contribution in [1.29, 1.82) is 0 Å². The molecule has 1 atom stereocenters. The maximum Gasteiger partial charge on any atom is 0.115 e. The molecule has 22 heavy (non-hydrogen) atoms. The lowest BCUT2D eigenvalue weighted by atomic mass is 9.56. The molecule has 0 aromatic heterocycles. The Hall–Kier alpha value is -1.76. The normalized spacial score (nSPS) is 17.7. The topological polar surface area (TPSA) is 20.2 Å². The molecule has 1 N–H and O–H groups in total. The molecule has 1 aliphatic carbocycles. The highest BCUT2D eigenvalue weighted by Crippen LogP contribution is 2.53. The molecule has 0 bridgehead atoms. The first-order valence-electron chi connectivity index (χ1n) is 8.54. The van der Waals surface area contributed by atoms with Crippen molar-refractivity contribution in [2.45, 2.75) is 57.3 Å². The van der Waals surface area contributed by atoms with Crippen molar-refractivity contribution >= 4 is 0 Å². The summed E-state index contributed by atoms with van der Waals surface area (Å²) in [6.45, 7) is 4.64. The van der Waals surface area contributed by atoms with Gasteiger partial charge in [-0.15, -0.1) is 0 Å². The molecule has 0 spiro atoms. The first-order chi connectivity index (χ1) is 10.7. The fraction of sp³-hybridized carbons (Fsp3) is 0.429. The van der Waals surface area contributed by atoms with Gasteiger partial charge in [0.15, 0.2) is 0 Å². The van der Waals surface area contributed by atoms with Crippen LogP contribution in [0.25, 0.3) is 0 Å². The van der Waals surface area contributed by atoms with E-state index in [-0.39, 0.29) is 5.41 Å². The summed E-state index contributed by atoms with van der Waals surface area (Å²) >= 11 is 0. The minimum atomic E-state index is 0.248. The zero-order valence-electron chi connectivity index (χ0n) is 13.7. The number of aromatic hydroxyl groups is 1. The first-order valence-corrected chi connectivity index (χ1v) is 8.54. The Kier molecular flexibility index (Phi) is 4.24. The van der Waals surface area contributed by atoms with Gasteiger partial charge in [0.2, 0.25) is 0 Å². The van der Waals surface area contributed by atoms with E-state index in [1.807, 2.05) is 12.1 Å². The van der Waals surface area contributed by atoms with Crippen LogP contribution in [0.2, 0.25) is 0 Å². The van der Waals surface area contributed by atoms with Crippen LogP contribution in [-0.2, 0) is 11.8 Å². The molecule has 0 radical (unpaired) electrons. The Bertz CT molecular complexity index is 623. The van der Waals surface area contributed by atoms with E-state index in [4.69, 9.17) is 0 Å². The second-order valence-electron chi connectivity index (χ2n) is 6.73. The van der Waals surface area contributed by atoms with Gasteiger partial charge in [-0.1, -0.05) is 63.1 Å². The van der Waals surface area contributed by atoms with Crippen molar-refractivity contribution in [3.05, 3.63) is 65.2 Å². The summed E-state index contributed by atoms with van der Waals surface area (Å²) in [5.74, 6) is 0.880. The molecule has 1 aliphatic rings. The summed E-state index contributed by atoms with van der Waals surface area (Å²) in [5.41, 5.74) is 4.65. The molecule has 1 unspecified atom stereocenters. The highest BCUT2D eigenvalue weighted by Gasteiger charge is 2.44. The molecule has 0 heterocycles. The molecule has 0 amide bonds. The van der Waals surface area contributed by atoms with Crippen LogP contribution in [0.5, 0.6) is 5.75 Å². The second-order valence-corrected chi connectivity index (χ2v) is 6.73. The molecular formula is C21H26O. The lowest BCUT2D eigenvalue weighted by Gasteiger charge is -2.48. The number of phenols is 1. The Morgan fingerprint density at radius 2 is 1.73 bits per heavy atom.